The van der Waals surface area contributed by atoms with Gasteiger partial charge in [0.2, 0.25) is 0 Å². The van der Waals surface area contributed by atoms with Gasteiger partial charge < -0.3 is 4.43 Å². The third kappa shape index (κ3) is 5.75. The lowest BCUT2D eigenvalue weighted by atomic mass is 10.2. The van der Waals surface area contributed by atoms with E-state index in [4.69, 9.17) is 8.61 Å². The quantitative estimate of drug-likeness (QED) is 0.582. The van der Waals surface area contributed by atoms with Gasteiger partial charge in [-0.1, -0.05) is 20.8 Å². The van der Waals surface area contributed by atoms with E-state index < -0.39 is 30.4 Å². The zero-order valence-electron chi connectivity index (χ0n) is 13.9. The Morgan fingerprint density at radius 2 is 1.91 bits per heavy atom. The van der Waals surface area contributed by atoms with Crippen LogP contribution in [0.25, 0.3) is 0 Å². The molecule has 1 rings (SSSR count). The number of hydrogen-bond donors (Lipinski definition) is 0. The van der Waals surface area contributed by atoms with Crippen LogP contribution in [0.3, 0.4) is 0 Å². The van der Waals surface area contributed by atoms with E-state index in [1.165, 1.54) is 12.1 Å². The van der Waals surface area contributed by atoms with Crippen molar-refractivity contribution >= 4 is 18.4 Å². The predicted molar refractivity (Wildman–Crippen MR) is 86.0 cm³/mol. The monoisotopic (exact) mass is 349 g/mol. The summed E-state index contributed by atoms with van der Waals surface area (Å²) >= 11 is 0. The van der Waals surface area contributed by atoms with E-state index in [1.54, 1.807) is 0 Å². The molecule has 0 aliphatic rings. The molecule has 0 fully saturated rings. The Kier molecular flexibility index (Phi) is 5.88. The van der Waals surface area contributed by atoms with Crippen molar-refractivity contribution in [3.63, 3.8) is 0 Å². The number of nitrogens with zero attached hydrogens (tertiary/aromatic N) is 1. The van der Waals surface area contributed by atoms with Crippen molar-refractivity contribution in [1.29, 1.82) is 0 Å². The van der Waals surface area contributed by atoms with Gasteiger partial charge in [0.15, 0.2) is 8.32 Å². The molecule has 0 N–H and O–H groups in total. The van der Waals surface area contributed by atoms with Gasteiger partial charge in [0.25, 0.3) is 10.1 Å². The van der Waals surface area contributed by atoms with Gasteiger partial charge in [-0.15, -0.1) is 0 Å². The second kappa shape index (κ2) is 6.73. The van der Waals surface area contributed by atoms with Gasteiger partial charge in [-0.05, 0) is 30.3 Å². The second-order valence-electron chi connectivity index (χ2n) is 6.76. The molecular weight excluding hydrogens is 325 g/mol. The Balaban J connectivity index is 2.95. The van der Waals surface area contributed by atoms with E-state index in [-0.39, 0.29) is 11.6 Å². The Bertz CT molecular complexity index is 596. The molecule has 0 saturated carbocycles. The van der Waals surface area contributed by atoms with Crippen LogP contribution in [0.5, 0.6) is 0 Å². The van der Waals surface area contributed by atoms with Crippen molar-refractivity contribution in [1.82, 2.24) is 4.98 Å². The lowest BCUT2D eigenvalue weighted by molar-refractivity contribution is 0.124. The average Bonchev–Trinajstić information content (AvgIpc) is 2.33. The highest BCUT2D eigenvalue weighted by molar-refractivity contribution is 7.86. The van der Waals surface area contributed by atoms with Crippen LogP contribution in [-0.2, 0) is 18.7 Å². The predicted octanol–water partition coefficient (Wildman–Crippen LogP) is 3.26. The van der Waals surface area contributed by atoms with Crippen molar-refractivity contribution in [3.8, 4) is 0 Å². The molecule has 0 bridgehead atoms. The summed E-state index contributed by atoms with van der Waals surface area (Å²) in [6, 6.07) is 2.62. The zero-order valence-corrected chi connectivity index (χ0v) is 15.7. The summed E-state index contributed by atoms with van der Waals surface area (Å²) in [4.78, 5) is 3.90. The third-order valence-corrected chi connectivity index (χ3v) is 8.86. The molecule has 8 heteroatoms. The third-order valence-electron chi connectivity index (χ3n) is 3.77. The first kappa shape index (κ1) is 19.2. The molecule has 1 aromatic heterocycles. The zero-order chi connectivity index (χ0) is 17.2. The van der Waals surface area contributed by atoms with Crippen molar-refractivity contribution < 1.29 is 21.4 Å². The number of aromatic nitrogens is 1. The first-order valence-corrected chi connectivity index (χ1v) is 11.7. The normalized spacial score (nSPS) is 14.9. The smallest absolute Gasteiger partial charge is 0.265 e. The van der Waals surface area contributed by atoms with Gasteiger partial charge in [0.05, 0.1) is 24.8 Å². The minimum Gasteiger partial charge on any atom is -0.414 e. The molecule has 126 valence electrons. The molecule has 5 nitrogen and oxygen atoms in total. The van der Waals surface area contributed by atoms with Gasteiger partial charge in [-0.2, -0.15) is 8.42 Å². The molecule has 1 aromatic rings. The average molecular weight is 350 g/mol. The van der Waals surface area contributed by atoms with Gasteiger partial charge in [0.1, 0.15) is 11.9 Å². The van der Waals surface area contributed by atoms with Gasteiger partial charge in [0, 0.05) is 0 Å². The minimum absolute atomic E-state index is 0.0150. The minimum atomic E-state index is -3.68. The summed E-state index contributed by atoms with van der Waals surface area (Å²) in [5.74, 6) is -0.493. The Morgan fingerprint density at radius 3 is 2.32 bits per heavy atom. The van der Waals surface area contributed by atoms with E-state index >= 15 is 0 Å². The van der Waals surface area contributed by atoms with Crippen LogP contribution in [0.15, 0.2) is 18.3 Å². The van der Waals surface area contributed by atoms with Crippen LogP contribution in [0, 0.1) is 5.82 Å². The maximum absolute atomic E-state index is 13.0. The van der Waals surface area contributed by atoms with Crippen molar-refractivity contribution in [3.05, 3.63) is 29.8 Å². The molecule has 0 spiro atoms. The molecule has 1 atom stereocenters. The fourth-order valence-corrected chi connectivity index (χ4v) is 3.03. The topological polar surface area (TPSA) is 65.5 Å². The van der Waals surface area contributed by atoms with Gasteiger partial charge in [-0.3, -0.25) is 9.17 Å². The van der Waals surface area contributed by atoms with E-state index in [0.717, 1.165) is 12.5 Å². The molecule has 1 unspecified atom stereocenters. The molecule has 0 radical (unpaired) electrons. The lowest BCUT2D eigenvalue weighted by Crippen LogP contribution is -2.42. The number of pyridine rings is 1. The summed E-state index contributed by atoms with van der Waals surface area (Å²) in [6.07, 6.45) is 1.11. The molecule has 22 heavy (non-hydrogen) atoms. The van der Waals surface area contributed by atoms with Gasteiger partial charge in [-0.25, -0.2) is 4.39 Å². The van der Waals surface area contributed by atoms with Crippen molar-refractivity contribution in [2.75, 3.05) is 12.9 Å². The summed E-state index contributed by atoms with van der Waals surface area (Å²) in [7, 11) is -5.75. The largest absolute Gasteiger partial charge is 0.414 e. The second-order valence-corrected chi connectivity index (χ2v) is 13.2. The number of halogens is 1. The number of hydrogen-bond acceptors (Lipinski definition) is 5. The summed E-state index contributed by atoms with van der Waals surface area (Å²) in [5, 5.41) is -0.0150. The molecule has 0 aliphatic heterocycles. The SMILES string of the molecule is CC(C)(C)[Si](C)(C)OCC(OS(C)(=O)=O)c1ccc(F)cn1. The van der Waals surface area contributed by atoms with E-state index in [9.17, 15) is 12.8 Å². The van der Waals surface area contributed by atoms with E-state index in [0.29, 0.717) is 5.69 Å². The summed E-state index contributed by atoms with van der Waals surface area (Å²) < 4.78 is 46.9. The molecule has 0 aromatic carbocycles. The molecule has 0 saturated heterocycles. The summed E-state index contributed by atoms with van der Waals surface area (Å²) in [5.41, 5.74) is 0.325. The maximum atomic E-state index is 13.0. The highest BCUT2D eigenvalue weighted by atomic mass is 32.2. The standard InChI is InChI=1S/C14H24FNO4SSi/c1-14(2,3)22(5,6)19-10-13(20-21(4,17)18)12-8-7-11(15)9-16-12/h7-9,13H,10H2,1-6H3. The van der Waals surface area contributed by atoms with Crippen molar-refractivity contribution in [2.45, 2.75) is 45.0 Å². The Morgan fingerprint density at radius 1 is 1.32 bits per heavy atom. The van der Waals surface area contributed by atoms with Crippen LogP contribution in [0.1, 0.15) is 32.6 Å². The van der Waals surface area contributed by atoms with Crippen LogP contribution in [0.2, 0.25) is 18.1 Å². The van der Waals surface area contributed by atoms with Crippen LogP contribution in [0.4, 0.5) is 4.39 Å². The number of rotatable bonds is 6. The lowest BCUT2D eigenvalue weighted by Gasteiger charge is -2.37. The molecule has 1 heterocycles. The van der Waals surface area contributed by atoms with E-state index in [2.05, 4.69) is 38.8 Å². The Hall–Kier alpha value is -0.833. The molecule has 0 aliphatic carbocycles. The Labute approximate surface area is 133 Å². The van der Waals surface area contributed by atoms with Gasteiger partial charge >= 0.3 is 0 Å². The molecule has 0 amide bonds. The highest BCUT2D eigenvalue weighted by Gasteiger charge is 2.38. The summed E-state index contributed by atoms with van der Waals surface area (Å²) in [6.45, 7) is 10.4. The maximum Gasteiger partial charge on any atom is 0.265 e. The first-order chi connectivity index (χ1) is 9.82. The van der Waals surface area contributed by atoms with Crippen LogP contribution < -0.4 is 0 Å². The van der Waals surface area contributed by atoms with Crippen LogP contribution in [-0.4, -0.2) is 34.6 Å². The molecular formula is C14H24FNO4SSi. The van der Waals surface area contributed by atoms with Crippen LogP contribution >= 0.6 is 0 Å². The fraction of sp³-hybridized carbons (Fsp3) is 0.643. The van der Waals surface area contributed by atoms with E-state index in [1.807, 2.05) is 0 Å². The highest BCUT2D eigenvalue weighted by Crippen LogP contribution is 2.37. The fourth-order valence-electron chi connectivity index (χ4n) is 1.45. The van der Waals surface area contributed by atoms with Crippen molar-refractivity contribution in [2.24, 2.45) is 0 Å². The first-order valence-electron chi connectivity index (χ1n) is 6.95.